The van der Waals surface area contributed by atoms with E-state index in [-0.39, 0.29) is 22.4 Å². The third-order valence-corrected chi connectivity index (χ3v) is 3.36. The van der Waals surface area contributed by atoms with Crippen LogP contribution in [0.3, 0.4) is 0 Å². The van der Waals surface area contributed by atoms with Crippen LogP contribution in [0.2, 0.25) is 5.02 Å². The van der Waals surface area contributed by atoms with Crippen LogP contribution in [0.4, 0.5) is 10.1 Å². The van der Waals surface area contributed by atoms with Crippen LogP contribution in [-0.2, 0) is 14.3 Å². The van der Waals surface area contributed by atoms with Gasteiger partial charge in [0, 0.05) is 11.8 Å². The largest absolute Gasteiger partial charge is 0.468 e. The van der Waals surface area contributed by atoms with E-state index in [1.807, 2.05) is 0 Å². The number of thioether (sulfide) groups is 1. The summed E-state index contributed by atoms with van der Waals surface area (Å²) < 4.78 is 17.9. The normalized spacial score (nSPS) is 10.0. The molecule has 0 aliphatic heterocycles. The molecule has 98 valence electrons. The van der Waals surface area contributed by atoms with E-state index in [0.717, 1.165) is 17.8 Å². The number of nitrogens with one attached hydrogen (secondary N) is 1. The molecule has 0 spiro atoms. The van der Waals surface area contributed by atoms with Crippen LogP contribution in [0.5, 0.6) is 0 Å². The highest BCUT2D eigenvalue weighted by Crippen LogP contribution is 2.32. The van der Waals surface area contributed by atoms with Gasteiger partial charge >= 0.3 is 5.97 Å². The molecule has 1 aromatic carbocycles. The van der Waals surface area contributed by atoms with Gasteiger partial charge in [-0.15, -0.1) is 11.8 Å². The van der Waals surface area contributed by atoms with Gasteiger partial charge in [-0.2, -0.15) is 0 Å². The predicted octanol–water partition coefficient (Wildman–Crippen LogP) is 2.70. The summed E-state index contributed by atoms with van der Waals surface area (Å²) in [5.41, 5.74) is 0.0271. The third-order valence-electron chi connectivity index (χ3n) is 1.91. The number of methoxy groups -OCH3 is 1. The van der Waals surface area contributed by atoms with Crippen molar-refractivity contribution in [3.63, 3.8) is 0 Å². The molecule has 0 fully saturated rings. The van der Waals surface area contributed by atoms with Crippen molar-refractivity contribution in [2.24, 2.45) is 0 Å². The number of rotatable bonds is 4. The summed E-state index contributed by atoms with van der Waals surface area (Å²) >= 11 is 6.94. The SMILES string of the molecule is COC(=O)CSc1cc(NC(C)=O)c(F)cc1Cl. The molecule has 18 heavy (non-hydrogen) atoms. The van der Waals surface area contributed by atoms with Crippen molar-refractivity contribution < 1.29 is 18.7 Å². The van der Waals surface area contributed by atoms with Crippen molar-refractivity contribution in [2.75, 3.05) is 18.2 Å². The van der Waals surface area contributed by atoms with Gasteiger partial charge in [0.2, 0.25) is 5.91 Å². The highest BCUT2D eigenvalue weighted by atomic mass is 35.5. The number of amides is 1. The minimum absolute atomic E-state index is 0.0271. The maximum Gasteiger partial charge on any atom is 0.315 e. The number of carbonyl (C=O) groups is 2. The Morgan fingerprint density at radius 3 is 2.72 bits per heavy atom. The molecule has 0 saturated heterocycles. The van der Waals surface area contributed by atoms with Gasteiger partial charge in [0.15, 0.2) is 0 Å². The van der Waals surface area contributed by atoms with Crippen LogP contribution < -0.4 is 5.32 Å². The van der Waals surface area contributed by atoms with E-state index < -0.39 is 11.8 Å². The molecule has 0 radical (unpaired) electrons. The molecule has 0 heterocycles. The number of hydrogen-bond acceptors (Lipinski definition) is 4. The molecular formula is C11H11ClFNO3S. The van der Waals surface area contributed by atoms with E-state index in [2.05, 4.69) is 10.1 Å². The number of halogens is 2. The first kappa shape index (κ1) is 14.8. The average Bonchev–Trinajstić information content (AvgIpc) is 2.30. The topological polar surface area (TPSA) is 55.4 Å². The number of benzene rings is 1. The van der Waals surface area contributed by atoms with Gasteiger partial charge in [0.25, 0.3) is 0 Å². The van der Waals surface area contributed by atoms with Crippen molar-refractivity contribution in [2.45, 2.75) is 11.8 Å². The molecule has 0 saturated carbocycles. The highest BCUT2D eigenvalue weighted by Gasteiger charge is 2.11. The monoisotopic (exact) mass is 291 g/mol. The molecular weight excluding hydrogens is 281 g/mol. The lowest BCUT2D eigenvalue weighted by Crippen LogP contribution is -2.08. The van der Waals surface area contributed by atoms with E-state index in [4.69, 9.17) is 11.6 Å². The first-order valence-corrected chi connectivity index (χ1v) is 6.26. The number of anilines is 1. The minimum atomic E-state index is -0.627. The van der Waals surface area contributed by atoms with Gasteiger partial charge < -0.3 is 10.1 Å². The molecule has 1 rings (SSSR count). The van der Waals surface area contributed by atoms with Gasteiger partial charge in [-0.05, 0) is 12.1 Å². The molecule has 1 amide bonds. The van der Waals surface area contributed by atoms with Crippen molar-refractivity contribution in [3.05, 3.63) is 23.0 Å². The fourth-order valence-corrected chi connectivity index (χ4v) is 2.22. The maximum atomic E-state index is 13.5. The molecule has 0 unspecified atom stereocenters. The third kappa shape index (κ3) is 4.19. The van der Waals surface area contributed by atoms with Gasteiger partial charge in [-0.3, -0.25) is 9.59 Å². The molecule has 0 bridgehead atoms. The number of ether oxygens (including phenoxy) is 1. The van der Waals surface area contributed by atoms with E-state index in [1.165, 1.54) is 20.1 Å². The predicted molar refractivity (Wildman–Crippen MR) is 68.5 cm³/mol. The lowest BCUT2D eigenvalue weighted by atomic mass is 10.3. The summed E-state index contributed by atoms with van der Waals surface area (Å²) in [7, 11) is 1.28. The zero-order chi connectivity index (χ0) is 13.7. The molecule has 4 nitrogen and oxygen atoms in total. The molecule has 0 aliphatic carbocycles. The Bertz CT molecular complexity index is 482. The second-order valence-corrected chi connectivity index (χ2v) is 4.73. The van der Waals surface area contributed by atoms with Gasteiger partial charge in [0.1, 0.15) is 5.82 Å². The molecule has 0 aliphatic rings. The Balaban J connectivity index is 2.90. The summed E-state index contributed by atoms with van der Waals surface area (Å²) in [4.78, 5) is 22.4. The standard InChI is InChI=1S/C11H11ClFNO3S/c1-6(15)14-9-4-10(7(12)3-8(9)13)18-5-11(16)17-2/h3-4H,5H2,1-2H3,(H,14,15). The van der Waals surface area contributed by atoms with Gasteiger partial charge in [-0.25, -0.2) is 4.39 Å². The lowest BCUT2D eigenvalue weighted by molar-refractivity contribution is -0.137. The van der Waals surface area contributed by atoms with Crippen molar-refractivity contribution >= 4 is 40.9 Å². The summed E-state index contributed by atoms with van der Waals surface area (Å²) in [6, 6.07) is 2.47. The molecule has 1 N–H and O–H groups in total. The summed E-state index contributed by atoms with van der Waals surface area (Å²) in [6.45, 7) is 1.27. The van der Waals surface area contributed by atoms with Crippen LogP contribution in [0.25, 0.3) is 0 Å². The zero-order valence-electron chi connectivity index (χ0n) is 9.75. The first-order valence-electron chi connectivity index (χ1n) is 4.90. The molecule has 1 aromatic rings. The minimum Gasteiger partial charge on any atom is -0.468 e. The Hall–Kier alpha value is -1.27. The van der Waals surface area contributed by atoms with Crippen LogP contribution in [0.15, 0.2) is 17.0 Å². The highest BCUT2D eigenvalue weighted by molar-refractivity contribution is 8.00. The van der Waals surface area contributed by atoms with E-state index in [9.17, 15) is 14.0 Å². The number of carbonyl (C=O) groups excluding carboxylic acids is 2. The quantitative estimate of drug-likeness (QED) is 0.684. The van der Waals surface area contributed by atoms with Gasteiger partial charge in [-0.1, -0.05) is 11.6 Å². The Kier molecular flexibility index (Phi) is 5.43. The average molecular weight is 292 g/mol. The molecule has 0 atom stereocenters. The summed E-state index contributed by atoms with van der Waals surface area (Å²) in [5, 5.41) is 2.52. The maximum absolute atomic E-state index is 13.5. The number of esters is 1. The first-order chi connectivity index (χ1) is 8.43. The van der Waals surface area contributed by atoms with E-state index >= 15 is 0 Å². The van der Waals surface area contributed by atoms with Crippen LogP contribution in [-0.4, -0.2) is 24.7 Å². The van der Waals surface area contributed by atoms with Crippen LogP contribution in [0, 0.1) is 5.82 Å². The Labute approximate surface area is 113 Å². The van der Waals surface area contributed by atoms with Crippen molar-refractivity contribution in [1.29, 1.82) is 0 Å². The fourth-order valence-electron chi connectivity index (χ4n) is 1.12. The van der Waals surface area contributed by atoms with E-state index in [1.54, 1.807) is 0 Å². The van der Waals surface area contributed by atoms with E-state index in [0.29, 0.717) is 4.90 Å². The van der Waals surface area contributed by atoms with Crippen molar-refractivity contribution in [3.8, 4) is 0 Å². The second kappa shape index (κ2) is 6.61. The fraction of sp³-hybridized carbons (Fsp3) is 0.273. The Morgan fingerprint density at radius 2 is 2.17 bits per heavy atom. The van der Waals surface area contributed by atoms with Crippen molar-refractivity contribution in [1.82, 2.24) is 0 Å². The molecule has 0 aromatic heterocycles. The second-order valence-electron chi connectivity index (χ2n) is 3.31. The van der Waals surface area contributed by atoms with Gasteiger partial charge in [0.05, 0.1) is 23.6 Å². The zero-order valence-corrected chi connectivity index (χ0v) is 11.3. The lowest BCUT2D eigenvalue weighted by Gasteiger charge is -2.08. The summed E-state index contributed by atoms with van der Waals surface area (Å²) in [5.74, 6) is -1.37. The Morgan fingerprint density at radius 1 is 1.50 bits per heavy atom. The smallest absolute Gasteiger partial charge is 0.315 e. The number of hydrogen-bond donors (Lipinski definition) is 1. The van der Waals surface area contributed by atoms with Crippen LogP contribution >= 0.6 is 23.4 Å². The summed E-state index contributed by atoms with van der Waals surface area (Å²) in [6.07, 6.45) is 0. The molecule has 7 heteroatoms. The van der Waals surface area contributed by atoms with Crippen LogP contribution in [0.1, 0.15) is 6.92 Å².